The molecule has 0 spiro atoms. The third kappa shape index (κ3) is 3.66. The van der Waals surface area contributed by atoms with Crippen molar-refractivity contribution in [1.29, 1.82) is 0 Å². The molecule has 112 valence electrons. The van der Waals surface area contributed by atoms with Crippen molar-refractivity contribution < 1.29 is 18.0 Å². The lowest BCUT2D eigenvalue weighted by atomic mass is 10.1. The Morgan fingerprint density at radius 2 is 2.05 bits per heavy atom. The lowest BCUT2D eigenvalue weighted by molar-refractivity contribution is -0.138. The van der Waals surface area contributed by atoms with Gasteiger partial charge in [0.2, 0.25) is 0 Å². The molecular weight excluding hydrogens is 349 g/mol. The Kier molecular flexibility index (Phi) is 4.41. The van der Waals surface area contributed by atoms with Crippen LogP contribution in [-0.4, -0.2) is 10.5 Å². The number of nitrogens with zero attached hydrogens (tertiary/aromatic N) is 1. The van der Waals surface area contributed by atoms with E-state index in [1.54, 1.807) is 0 Å². The minimum absolute atomic E-state index is 0.0280. The van der Waals surface area contributed by atoms with E-state index in [1.165, 1.54) is 12.1 Å². The van der Waals surface area contributed by atoms with Crippen LogP contribution in [0.5, 0.6) is 0 Å². The van der Waals surface area contributed by atoms with E-state index in [4.69, 9.17) is 0 Å². The number of hydrogen-bond acceptors (Lipinski definition) is 1. The molecule has 0 atom stereocenters. The Hall–Kier alpha value is -1.76. The van der Waals surface area contributed by atoms with E-state index >= 15 is 0 Å². The van der Waals surface area contributed by atoms with Crippen LogP contribution in [0.3, 0.4) is 0 Å². The Bertz CT molecular complexity index is 664. The number of halogens is 4. The molecule has 3 nitrogen and oxygen atoms in total. The molecule has 0 unspecified atom stereocenters. The van der Waals surface area contributed by atoms with Crippen LogP contribution in [0.2, 0.25) is 0 Å². The predicted octanol–water partition coefficient (Wildman–Crippen LogP) is 3.74. The molecule has 0 aliphatic heterocycles. The average Bonchev–Trinajstić information content (AvgIpc) is 2.80. The molecule has 1 amide bonds. The van der Waals surface area contributed by atoms with Gasteiger partial charge in [0.05, 0.1) is 12.1 Å². The summed E-state index contributed by atoms with van der Waals surface area (Å²) in [5, 5.41) is 2.60. The number of amides is 1. The number of rotatable bonds is 3. The van der Waals surface area contributed by atoms with Crippen molar-refractivity contribution in [3.63, 3.8) is 0 Å². The summed E-state index contributed by atoms with van der Waals surface area (Å²) in [4.78, 5) is 11.9. The van der Waals surface area contributed by atoms with Crippen molar-refractivity contribution >= 4 is 21.8 Å². The number of carbonyl (C=O) groups excluding carboxylic acids is 1. The molecule has 1 aromatic carbocycles. The van der Waals surface area contributed by atoms with Gasteiger partial charge in [-0.3, -0.25) is 4.79 Å². The summed E-state index contributed by atoms with van der Waals surface area (Å²) in [5.41, 5.74) is -0.0368. The summed E-state index contributed by atoms with van der Waals surface area (Å²) >= 11 is 2.84. The van der Waals surface area contributed by atoms with E-state index in [0.29, 0.717) is 0 Å². The lowest BCUT2D eigenvalue weighted by Gasteiger charge is -2.11. The van der Waals surface area contributed by atoms with E-state index in [-0.39, 0.29) is 16.6 Å². The molecule has 0 aliphatic carbocycles. The third-order valence-electron chi connectivity index (χ3n) is 3.02. The Labute approximate surface area is 127 Å². The number of nitrogens with one attached hydrogen (secondary N) is 1. The normalized spacial score (nSPS) is 11.5. The standard InChI is InChI=1S/C14H12BrF3N2O/c1-20-6-2-3-10(20)8-19-13(21)9-4-5-12(15)11(7-9)14(16,17)18/h2-7H,8H2,1H3,(H,19,21). The van der Waals surface area contributed by atoms with Crippen LogP contribution < -0.4 is 5.32 Å². The van der Waals surface area contributed by atoms with Gasteiger partial charge in [0.1, 0.15) is 0 Å². The van der Waals surface area contributed by atoms with Gasteiger partial charge in [-0.05, 0) is 30.3 Å². The maximum Gasteiger partial charge on any atom is 0.417 e. The third-order valence-corrected chi connectivity index (χ3v) is 3.71. The molecular formula is C14H12BrF3N2O. The predicted molar refractivity (Wildman–Crippen MR) is 75.7 cm³/mol. The first-order chi connectivity index (χ1) is 9.79. The summed E-state index contributed by atoms with van der Waals surface area (Å²) in [6, 6.07) is 7.05. The van der Waals surface area contributed by atoms with E-state index in [2.05, 4.69) is 21.2 Å². The van der Waals surface area contributed by atoms with Crippen LogP contribution in [0.1, 0.15) is 21.6 Å². The number of hydrogen-bond donors (Lipinski definition) is 1. The van der Waals surface area contributed by atoms with Crippen molar-refractivity contribution in [2.45, 2.75) is 12.7 Å². The fourth-order valence-electron chi connectivity index (χ4n) is 1.84. The van der Waals surface area contributed by atoms with Gasteiger partial charge in [-0.1, -0.05) is 15.9 Å². The number of aromatic nitrogens is 1. The van der Waals surface area contributed by atoms with Crippen molar-refractivity contribution in [1.82, 2.24) is 9.88 Å². The summed E-state index contributed by atoms with van der Waals surface area (Å²) < 4.78 is 40.1. The molecule has 0 saturated heterocycles. The topological polar surface area (TPSA) is 34.0 Å². The fourth-order valence-corrected chi connectivity index (χ4v) is 2.31. The van der Waals surface area contributed by atoms with Gasteiger partial charge in [-0.15, -0.1) is 0 Å². The van der Waals surface area contributed by atoms with Crippen molar-refractivity contribution in [3.05, 3.63) is 57.8 Å². The van der Waals surface area contributed by atoms with Gasteiger partial charge in [-0.25, -0.2) is 0 Å². The molecule has 2 aromatic rings. The number of benzene rings is 1. The second-order valence-corrected chi connectivity index (χ2v) is 5.34. The zero-order valence-corrected chi connectivity index (χ0v) is 12.6. The highest BCUT2D eigenvalue weighted by atomic mass is 79.9. The molecule has 1 N–H and O–H groups in total. The average molecular weight is 361 g/mol. The highest BCUT2D eigenvalue weighted by Gasteiger charge is 2.33. The van der Waals surface area contributed by atoms with Gasteiger partial charge in [-0.2, -0.15) is 13.2 Å². The van der Waals surface area contributed by atoms with Gasteiger partial charge >= 0.3 is 6.18 Å². The zero-order chi connectivity index (χ0) is 15.6. The summed E-state index contributed by atoms with van der Waals surface area (Å²) in [7, 11) is 1.82. The van der Waals surface area contributed by atoms with Crippen LogP contribution >= 0.6 is 15.9 Å². The first-order valence-corrected chi connectivity index (χ1v) is 6.83. The zero-order valence-electron chi connectivity index (χ0n) is 11.0. The maximum atomic E-state index is 12.8. The van der Waals surface area contributed by atoms with Crippen molar-refractivity contribution in [3.8, 4) is 0 Å². The summed E-state index contributed by atoms with van der Waals surface area (Å²) in [6.45, 7) is 0.250. The largest absolute Gasteiger partial charge is 0.417 e. The van der Waals surface area contributed by atoms with Gasteiger partial charge in [0, 0.05) is 29.0 Å². The Balaban J connectivity index is 2.15. The molecule has 7 heteroatoms. The second kappa shape index (κ2) is 5.93. The van der Waals surface area contributed by atoms with Crippen LogP contribution in [0, 0.1) is 0 Å². The molecule has 0 saturated carbocycles. The van der Waals surface area contributed by atoms with Crippen LogP contribution in [0.25, 0.3) is 0 Å². The highest BCUT2D eigenvalue weighted by Crippen LogP contribution is 2.35. The van der Waals surface area contributed by atoms with Gasteiger partial charge < -0.3 is 9.88 Å². The maximum absolute atomic E-state index is 12.8. The summed E-state index contributed by atoms with van der Waals surface area (Å²) in [5.74, 6) is -0.547. The van der Waals surface area contributed by atoms with Crippen molar-refractivity contribution in [2.75, 3.05) is 0 Å². The SMILES string of the molecule is Cn1cccc1CNC(=O)c1ccc(Br)c(C(F)(F)F)c1. The number of aryl methyl sites for hydroxylation is 1. The Morgan fingerprint density at radius 3 is 2.62 bits per heavy atom. The lowest BCUT2D eigenvalue weighted by Crippen LogP contribution is -2.24. The van der Waals surface area contributed by atoms with Crippen LogP contribution in [-0.2, 0) is 19.8 Å². The first-order valence-electron chi connectivity index (χ1n) is 6.04. The quantitative estimate of drug-likeness (QED) is 0.888. The molecule has 0 fully saturated rings. The molecule has 21 heavy (non-hydrogen) atoms. The monoisotopic (exact) mass is 360 g/mol. The summed E-state index contributed by atoms with van der Waals surface area (Å²) in [6.07, 6.45) is -2.68. The molecule has 0 radical (unpaired) electrons. The highest BCUT2D eigenvalue weighted by molar-refractivity contribution is 9.10. The van der Waals surface area contributed by atoms with Crippen molar-refractivity contribution in [2.24, 2.45) is 7.05 Å². The van der Waals surface area contributed by atoms with E-state index in [9.17, 15) is 18.0 Å². The molecule has 2 rings (SSSR count). The number of alkyl halides is 3. The van der Waals surface area contributed by atoms with Crippen LogP contribution in [0.4, 0.5) is 13.2 Å². The molecule has 0 bridgehead atoms. The first kappa shape index (κ1) is 15.6. The second-order valence-electron chi connectivity index (χ2n) is 4.49. The number of carbonyl (C=O) groups is 1. The van der Waals surface area contributed by atoms with E-state index < -0.39 is 17.6 Å². The van der Waals surface area contributed by atoms with E-state index in [1.807, 2.05) is 29.9 Å². The minimum atomic E-state index is -4.51. The molecule has 1 heterocycles. The fraction of sp³-hybridized carbons (Fsp3) is 0.214. The van der Waals surface area contributed by atoms with Crippen LogP contribution in [0.15, 0.2) is 41.0 Å². The molecule has 1 aromatic heterocycles. The van der Waals surface area contributed by atoms with Gasteiger partial charge in [0.15, 0.2) is 0 Å². The Morgan fingerprint density at radius 1 is 1.33 bits per heavy atom. The molecule has 0 aliphatic rings. The smallest absolute Gasteiger partial charge is 0.353 e. The minimum Gasteiger partial charge on any atom is -0.353 e. The van der Waals surface area contributed by atoms with E-state index in [0.717, 1.165) is 11.8 Å². The van der Waals surface area contributed by atoms with Gasteiger partial charge in [0.25, 0.3) is 5.91 Å².